The Kier molecular flexibility index (Phi) is 3.65. The first-order valence-corrected chi connectivity index (χ1v) is 5.74. The number of carbonyl (C=O) groups is 1. The SMILES string of the molecule is O=C(Nc1nccnn1)c1ccc(Br)c(Cl)c1. The van der Waals surface area contributed by atoms with E-state index in [1.807, 2.05) is 0 Å². The van der Waals surface area contributed by atoms with Gasteiger partial charge in [-0.15, -0.1) is 5.10 Å². The molecule has 2 rings (SSSR count). The molecule has 0 spiro atoms. The first-order chi connectivity index (χ1) is 8.16. The number of rotatable bonds is 2. The Bertz CT molecular complexity index is 549. The van der Waals surface area contributed by atoms with E-state index in [0.717, 1.165) is 4.47 Å². The zero-order valence-corrected chi connectivity index (χ0v) is 10.7. The molecule has 0 bridgehead atoms. The van der Waals surface area contributed by atoms with Crippen LogP contribution in [0.15, 0.2) is 35.1 Å². The topological polar surface area (TPSA) is 67.8 Å². The van der Waals surface area contributed by atoms with Crippen LogP contribution in [0.25, 0.3) is 0 Å². The van der Waals surface area contributed by atoms with Gasteiger partial charge in [0.2, 0.25) is 5.95 Å². The molecule has 0 unspecified atom stereocenters. The molecule has 7 heteroatoms. The highest BCUT2D eigenvalue weighted by Gasteiger charge is 2.09. The van der Waals surface area contributed by atoms with Gasteiger partial charge >= 0.3 is 0 Å². The molecule has 1 heterocycles. The van der Waals surface area contributed by atoms with Crippen LogP contribution in [0.5, 0.6) is 0 Å². The Labute approximate surface area is 110 Å². The second-order valence-corrected chi connectivity index (χ2v) is 4.31. The van der Waals surface area contributed by atoms with Crippen molar-refractivity contribution in [2.45, 2.75) is 0 Å². The number of hydrogen-bond acceptors (Lipinski definition) is 4. The van der Waals surface area contributed by atoms with Gasteiger partial charge in [-0.25, -0.2) is 4.98 Å². The van der Waals surface area contributed by atoms with Crippen LogP contribution in [-0.2, 0) is 0 Å². The number of benzene rings is 1. The van der Waals surface area contributed by atoms with Crippen molar-refractivity contribution >= 4 is 39.4 Å². The average molecular weight is 314 g/mol. The molecule has 1 aromatic carbocycles. The zero-order valence-electron chi connectivity index (χ0n) is 8.39. The Balaban J connectivity index is 2.18. The van der Waals surface area contributed by atoms with E-state index in [0.29, 0.717) is 10.6 Å². The Morgan fingerprint density at radius 1 is 1.35 bits per heavy atom. The summed E-state index contributed by atoms with van der Waals surface area (Å²) in [5.41, 5.74) is 0.422. The monoisotopic (exact) mass is 312 g/mol. The molecular formula is C10H6BrClN4O. The van der Waals surface area contributed by atoms with Crippen LogP contribution >= 0.6 is 27.5 Å². The van der Waals surface area contributed by atoms with E-state index in [1.165, 1.54) is 12.4 Å². The second kappa shape index (κ2) is 5.20. The fraction of sp³-hybridized carbons (Fsp3) is 0. The van der Waals surface area contributed by atoms with E-state index < -0.39 is 0 Å². The summed E-state index contributed by atoms with van der Waals surface area (Å²) in [4.78, 5) is 15.6. The van der Waals surface area contributed by atoms with Crippen molar-refractivity contribution < 1.29 is 4.79 Å². The van der Waals surface area contributed by atoms with Crippen LogP contribution in [-0.4, -0.2) is 21.1 Å². The van der Waals surface area contributed by atoms with Crippen molar-refractivity contribution in [3.8, 4) is 0 Å². The predicted octanol–water partition coefficient (Wildman–Crippen LogP) is 2.54. The van der Waals surface area contributed by atoms with Gasteiger partial charge in [-0.1, -0.05) is 11.6 Å². The molecule has 0 fully saturated rings. The number of halogens is 2. The van der Waals surface area contributed by atoms with E-state index in [2.05, 4.69) is 36.4 Å². The van der Waals surface area contributed by atoms with Crippen molar-refractivity contribution in [2.75, 3.05) is 5.32 Å². The van der Waals surface area contributed by atoms with Crippen molar-refractivity contribution in [3.05, 3.63) is 45.7 Å². The lowest BCUT2D eigenvalue weighted by atomic mass is 10.2. The lowest BCUT2D eigenvalue weighted by Gasteiger charge is -2.03. The number of amides is 1. The van der Waals surface area contributed by atoms with E-state index in [-0.39, 0.29) is 11.9 Å². The molecule has 0 atom stereocenters. The van der Waals surface area contributed by atoms with Crippen LogP contribution in [0.4, 0.5) is 5.95 Å². The molecule has 0 aliphatic carbocycles. The number of hydrogen-bond donors (Lipinski definition) is 1. The predicted molar refractivity (Wildman–Crippen MR) is 66.9 cm³/mol. The zero-order chi connectivity index (χ0) is 12.3. The minimum atomic E-state index is -0.340. The number of nitrogens with one attached hydrogen (secondary N) is 1. The molecular weight excluding hydrogens is 307 g/mol. The van der Waals surface area contributed by atoms with Crippen LogP contribution in [0.2, 0.25) is 5.02 Å². The molecule has 1 amide bonds. The van der Waals surface area contributed by atoms with Gasteiger partial charge in [0.1, 0.15) is 0 Å². The van der Waals surface area contributed by atoms with E-state index in [9.17, 15) is 4.79 Å². The van der Waals surface area contributed by atoms with Crippen LogP contribution in [0.1, 0.15) is 10.4 Å². The van der Waals surface area contributed by atoms with Gasteiger partial charge < -0.3 is 0 Å². The van der Waals surface area contributed by atoms with Crippen LogP contribution in [0, 0.1) is 0 Å². The molecule has 1 aromatic heterocycles. The normalized spacial score (nSPS) is 10.0. The van der Waals surface area contributed by atoms with Gasteiger partial charge in [-0.05, 0) is 34.1 Å². The van der Waals surface area contributed by atoms with Gasteiger partial charge in [0.15, 0.2) is 0 Å². The van der Waals surface area contributed by atoms with Crippen molar-refractivity contribution in [1.29, 1.82) is 0 Å². The van der Waals surface area contributed by atoms with Crippen LogP contribution in [0.3, 0.4) is 0 Å². The largest absolute Gasteiger partial charge is 0.289 e. The molecule has 0 radical (unpaired) electrons. The number of carbonyl (C=O) groups excluding carboxylic acids is 1. The lowest BCUT2D eigenvalue weighted by molar-refractivity contribution is 0.102. The fourth-order valence-electron chi connectivity index (χ4n) is 1.12. The fourth-order valence-corrected chi connectivity index (χ4v) is 1.54. The summed E-state index contributed by atoms with van der Waals surface area (Å²) >= 11 is 9.14. The molecule has 1 N–H and O–H groups in total. The molecule has 5 nitrogen and oxygen atoms in total. The first-order valence-electron chi connectivity index (χ1n) is 4.57. The maximum atomic E-state index is 11.8. The lowest BCUT2D eigenvalue weighted by Crippen LogP contribution is -2.14. The molecule has 17 heavy (non-hydrogen) atoms. The third kappa shape index (κ3) is 2.98. The van der Waals surface area contributed by atoms with E-state index in [1.54, 1.807) is 18.2 Å². The van der Waals surface area contributed by atoms with Crippen molar-refractivity contribution in [2.24, 2.45) is 0 Å². The summed E-state index contributed by atoms with van der Waals surface area (Å²) in [6.45, 7) is 0. The summed E-state index contributed by atoms with van der Waals surface area (Å²) in [6, 6.07) is 4.89. The molecule has 2 aromatic rings. The van der Waals surface area contributed by atoms with E-state index in [4.69, 9.17) is 11.6 Å². The Morgan fingerprint density at radius 2 is 2.18 bits per heavy atom. The first kappa shape index (κ1) is 11.9. The number of aromatic nitrogens is 3. The Hall–Kier alpha value is -1.53. The summed E-state index contributed by atoms with van der Waals surface area (Å²) in [5.74, 6) is -0.191. The average Bonchev–Trinajstić information content (AvgIpc) is 2.34. The number of nitrogens with zero attached hydrogens (tertiary/aromatic N) is 3. The smallest absolute Gasteiger partial charge is 0.258 e. The molecule has 86 valence electrons. The summed E-state index contributed by atoms with van der Waals surface area (Å²) in [6.07, 6.45) is 2.86. The minimum absolute atomic E-state index is 0.150. The highest BCUT2D eigenvalue weighted by molar-refractivity contribution is 9.10. The van der Waals surface area contributed by atoms with Gasteiger partial charge in [-0.2, -0.15) is 5.10 Å². The minimum Gasteiger partial charge on any atom is -0.289 e. The van der Waals surface area contributed by atoms with Crippen molar-refractivity contribution in [1.82, 2.24) is 15.2 Å². The van der Waals surface area contributed by atoms with Crippen LogP contribution < -0.4 is 5.32 Å². The quantitative estimate of drug-likeness (QED) is 0.925. The van der Waals surface area contributed by atoms with Gasteiger partial charge in [0, 0.05) is 10.0 Å². The highest BCUT2D eigenvalue weighted by atomic mass is 79.9. The third-order valence-corrected chi connectivity index (χ3v) is 3.12. The maximum Gasteiger partial charge on any atom is 0.258 e. The summed E-state index contributed by atoms with van der Waals surface area (Å²) in [5, 5.41) is 10.2. The summed E-state index contributed by atoms with van der Waals surface area (Å²) in [7, 11) is 0. The molecule has 0 saturated carbocycles. The molecule has 0 aliphatic rings. The Morgan fingerprint density at radius 3 is 2.82 bits per heavy atom. The maximum absolute atomic E-state index is 11.8. The number of anilines is 1. The molecule has 0 saturated heterocycles. The standard InChI is InChI=1S/C10H6BrClN4O/c11-7-2-1-6(5-8(7)12)9(17)15-10-13-3-4-14-16-10/h1-5H,(H,13,15,16,17). The van der Waals surface area contributed by atoms with Crippen molar-refractivity contribution in [3.63, 3.8) is 0 Å². The van der Waals surface area contributed by atoms with E-state index >= 15 is 0 Å². The summed E-state index contributed by atoms with van der Waals surface area (Å²) < 4.78 is 0.730. The molecule has 0 aliphatic heterocycles. The van der Waals surface area contributed by atoms with Gasteiger partial charge in [0.25, 0.3) is 5.91 Å². The van der Waals surface area contributed by atoms with Gasteiger partial charge in [0.05, 0.1) is 17.4 Å². The third-order valence-electron chi connectivity index (χ3n) is 1.89. The second-order valence-electron chi connectivity index (χ2n) is 3.05. The highest BCUT2D eigenvalue weighted by Crippen LogP contribution is 2.23. The van der Waals surface area contributed by atoms with Gasteiger partial charge in [-0.3, -0.25) is 10.1 Å².